The predicted octanol–water partition coefficient (Wildman–Crippen LogP) is 3.92. The van der Waals surface area contributed by atoms with Crippen LogP contribution in [0.3, 0.4) is 0 Å². The summed E-state index contributed by atoms with van der Waals surface area (Å²) in [6.07, 6.45) is -3.27. The van der Waals surface area contributed by atoms with E-state index in [1.165, 1.54) is 0 Å². The van der Waals surface area contributed by atoms with Gasteiger partial charge in [-0.25, -0.2) is 13.6 Å². The molecule has 0 radical (unpaired) electrons. The number of nitrogens with one attached hydrogen (secondary N) is 2. The van der Waals surface area contributed by atoms with E-state index >= 15 is 0 Å². The van der Waals surface area contributed by atoms with Crippen molar-refractivity contribution in [2.75, 3.05) is 6.61 Å². The van der Waals surface area contributed by atoms with Crippen LogP contribution >= 0.6 is 0 Å². The summed E-state index contributed by atoms with van der Waals surface area (Å²) in [5, 5.41) is 14.0. The third kappa shape index (κ3) is 5.03. The number of alkyl halides is 2. The van der Waals surface area contributed by atoms with E-state index in [1.54, 1.807) is 0 Å². The Bertz CT molecular complexity index is 1030. The van der Waals surface area contributed by atoms with Crippen LogP contribution in [0, 0.1) is 5.92 Å². The lowest BCUT2D eigenvalue weighted by molar-refractivity contribution is -0.142. The molecule has 1 saturated carbocycles. The molecule has 3 N–H and O–H groups in total. The third-order valence-electron chi connectivity index (χ3n) is 6.53. The number of fused-ring (bicyclic) bond motifs is 3. The third-order valence-corrected chi connectivity index (χ3v) is 6.53. The zero-order valence-electron chi connectivity index (χ0n) is 18.4. The summed E-state index contributed by atoms with van der Waals surface area (Å²) in [4.78, 5) is 36.4. The van der Waals surface area contributed by atoms with E-state index in [0.717, 1.165) is 22.3 Å². The Kier molecular flexibility index (Phi) is 7.09. The van der Waals surface area contributed by atoms with E-state index in [0.29, 0.717) is 19.3 Å². The minimum atomic E-state index is -2.84. The maximum atomic E-state index is 13.1. The van der Waals surface area contributed by atoms with Gasteiger partial charge in [-0.1, -0.05) is 55.0 Å². The zero-order valence-corrected chi connectivity index (χ0v) is 18.4. The second-order valence-electron chi connectivity index (χ2n) is 8.64. The van der Waals surface area contributed by atoms with Crippen molar-refractivity contribution in [1.82, 2.24) is 10.6 Å². The summed E-state index contributed by atoms with van der Waals surface area (Å²) < 4.78 is 31.6. The molecule has 0 aromatic heterocycles. The van der Waals surface area contributed by atoms with Crippen molar-refractivity contribution in [1.29, 1.82) is 0 Å². The number of carbonyl (C=O) groups is 3. The van der Waals surface area contributed by atoms with Gasteiger partial charge in [0.1, 0.15) is 12.6 Å². The number of carboxylic acids is 1. The van der Waals surface area contributed by atoms with Crippen molar-refractivity contribution >= 4 is 18.0 Å². The van der Waals surface area contributed by atoms with Gasteiger partial charge >= 0.3 is 12.1 Å². The van der Waals surface area contributed by atoms with Crippen LogP contribution in [0.4, 0.5) is 13.6 Å². The quantitative estimate of drug-likeness (QED) is 0.540. The van der Waals surface area contributed by atoms with Crippen molar-refractivity contribution in [2.45, 2.75) is 50.1 Å². The summed E-state index contributed by atoms with van der Waals surface area (Å²) in [6, 6.07) is 13.3. The summed E-state index contributed by atoms with van der Waals surface area (Å²) in [7, 11) is 0. The second-order valence-corrected chi connectivity index (χ2v) is 8.64. The SMILES string of the molecule is O=C(NC(CC(F)F)C(=O)N[C@@H]1CCC[C@@H]1C(=O)O)OCC1c2ccccc2-c2ccccc21. The maximum Gasteiger partial charge on any atom is 0.407 e. The molecule has 0 saturated heterocycles. The Balaban J connectivity index is 1.40. The highest BCUT2D eigenvalue weighted by atomic mass is 19.3. The smallest absolute Gasteiger partial charge is 0.407 e. The molecule has 1 fully saturated rings. The first-order valence-electron chi connectivity index (χ1n) is 11.3. The number of alkyl carbamates (subject to hydrolysis) is 1. The maximum absolute atomic E-state index is 13.1. The highest BCUT2D eigenvalue weighted by Gasteiger charge is 2.36. The molecule has 180 valence electrons. The van der Waals surface area contributed by atoms with Crippen LogP contribution in [-0.4, -0.2) is 48.2 Å². The largest absolute Gasteiger partial charge is 0.481 e. The average Bonchev–Trinajstić information content (AvgIpc) is 3.39. The fraction of sp³-hybridized carbons (Fsp3) is 0.400. The number of rotatable bonds is 8. The Labute approximate surface area is 195 Å². The van der Waals surface area contributed by atoms with Gasteiger partial charge in [-0.15, -0.1) is 0 Å². The molecule has 7 nitrogen and oxygen atoms in total. The lowest BCUT2D eigenvalue weighted by Gasteiger charge is -2.23. The molecule has 0 aliphatic heterocycles. The average molecular weight is 472 g/mol. The van der Waals surface area contributed by atoms with Gasteiger partial charge in [0.15, 0.2) is 0 Å². The molecule has 2 amide bonds. The number of amides is 2. The Hall–Kier alpha value is -3.49. The lowest BCUT2D eigenvalue weighted by Crippen LogP contribution is -2.52. The van der Waals surface area contributed by atoms with Crippen molar-refractivity contribution in [2.24, 2.45) is 5.92 Å². The Morgan fingerprint density at radius 3 is 2.21 bits per heavy atom. The number of aliphatic carboxylic acids is 1. The summed E-state index contributed by atoms with van der Waals surface area (Å²) in [6.45, 7) is -0.0212. The molecular formula is C25H26F2N2O5. The second kappa shape index (κ2) is 10.2. The number of ether oxygens (including phenoxy) is 1. The number of hydrogen-bond acceptors (Lipinski definition) is 4. The molecular weight excluding hydrogens is 446 g/mol. The highest BCUT2D eigenvalue weighted by molar-refractivity contribution is 5.86. The van der Waals surface area contributed by atoms with Crippen LogP contribution in [0.15, 0.2) is 48.5 Å². The van der Waals surface area contributed by atoms with Crippen LogP contribution in [0.5, 0.6) is 0 Å². The van der Waals surface area contributed by atoms with Crippen LogP contribution in [0.25, 0.3) is 11.1 Å². The first kappa shape index (κ1) is 23.7. The minimum absolute atomic E-state index is 0.0212. The normalized spacial score (nSPS) is 19.9. The van der Waals surface area contributed by atoms with Gasteiger partial charge in [0.05, 0.1) is 5.92 Å². The van der Waals surface area contributed by atoms with Gasteiger partial charge in [-0.3, -0.25) is 9.59 Å². The molecule has 34 heavy (non-hydrogen) atoms. The fourth-order valence-corrected chi connectivity index (χ4v) is 4.90. The lowest BCUT2D eigenvalue weighted by atomic mass is 9.98. The van der Waals surface area contributed by atoms with Crippen LogP contribution in [0.2, 0.25) is 0 Å². The van der Waals surface area contributed by atoms with Crippen molar-refractivity contribution < 1.29 is 33.0 Å². The standard InChI is InChI=1S/C25H26F2N2O5/c26-22(27)12-21(23(30)28-20-11-5-10-18(20)24(31)32)29-25(33)34-13-19-16-8-3-1-6-14(16)15-7-2-4-9-17(15)19/h1-4,6-9,18-22H,5,10-13H2,(H,28,30)(H,29,33)(H,31,32)/t18-,20+,21?/m0/s1. The van der Waals surface area contributed by atoms with E-state index in [2.05, 4.69) is 10.6 Å². The number of benzene rings is 2. The van der Waals surface area contributed by atoms with E-state index in [9.17, 15) is 28.3 Å². The van der Waals surface area contributed by atoms with Gasteiger partial charge in [0.25, 0.3) is 0 Å². The highest BCUT2D eigenvalue weighted by Crippen LogP contribution is 2.44. The molecule has 2 aliphatic carbocycles. The number of hydrogen-bond donors (Lipinski definition) is 3. The molecule has 2 aromatic carbocycles. The van der Waals surface area contributed by atoms with Gasteiger partial charge in [0.2, 0.25) is 12.3 Å². The van der Waals surface area contributed by atoms with E-state index in [1.807, 2.05) is 48.5 Å². The fourth-order valence-electron chi connectivity index (χ4n) is 4.90. The molecule has 3 atom stereocenters. The van der Waals surface area contributed by atoms with Crippen LogP contribution < -0.4 is 10.6 Å². The summed E-state index contributed by atoms with van der Waals surface area (Å²) in [5.41, 5.74) is 4.09. The Morgan fingerprint density at radius 2 is 1.62 bits per heavy atom. The number of carbonyl (C=O) groups excluding carboxylic acids is 2. The molecule has 0 heterocycles. The van der Waals surface area contributed by atoms with E-state index in [4.69, 9.17) is 4.74 Å². The van der Waals surface area contributed by atoms with Crippen LogP contribution in [0.1, 0.15) is 42.7 Å². The van der Waals surface area contributed by atoms with Gasteiger partial charge in [-0.2, -0.15) is 0 Å². The van der Waals surface area contributed by atoms with Crippen molar-refractivity contribution in [3.8, 4) is 11.1 Å². The monoisotopic (exact) mass is 472 g/mol. The molecule has 0 spiro atoms. The molecule has 2 aliphatic rings. The predicted molar refractivity (Wildman–Crippen MR) is 120 cm³/mol. The first-order chi connectivity index (χ1) is 16.3. The molecule has 9 heteroatoms. The molecule has 4 rings (SSSR count). The summed E-state index contributed by atoms with van der Waals surface area (Å²) >= 11 is 0. The van der Waals surface area contributed by atoms with Gasteiger partial charge in [0, 0.05) is 18.4 Å². The molecule has 0 bridgehead atoms. The molecule has 1 unspecified atom stereocenters. The Morgan fingerprint density at radius 1 is 1.00 bits per heavy atom. The number of halogens is 2. The van der Waals surface area contributed by atoms with Crippen molar-refractivity contribution in [3.63, 3.8) is 0 Å². The van der Waals surface area contributed by atoms with E-state index < -0.39 is 48.8 Å². The van der Waals surface area contributed by atoms with Crippen molar-refractivity contribution in [3.05, 3.63) is 59.7 Å². The minimum Gasteiger partial charge on any atom is -0.481 e. The van der Waals surface area contributed by atoms with Gasteiger partial charge in [-0.05, 0) is 35.1 Å². The molecule has 2 aromatic rings. The van der Waals surface area contributed by atoms with Crippen LogP contribution in [-0.2, 0) is 14.3 Å². The van der Waals surface area contributed by atoms with Gasteiger partial charge < -0.3 is 20.5 Å². The summed E-state index contributed by atoms with van der Waals surface area (Å²) in [5.74, 6) is -2.87. The first-order valence-corrected chi connectivity index (χ1v) is 11.3. The number of carboxylic acid groups (broad SMARTS) is 1. The van der Waals surface area contributed by atoms with E-state index in [-0.39, 0.29) is 12.5 Å². The zero-order chi connectivity index (χ0) is 24.2. The topological polar surface area (TPSA) is 105 Å².